The van der Waals surface area contributed by atoms with Crippen molar-refractivity contribution >= 4 is 24.8 Å². The monoisotopic (exact) mass is 299 g/mol. The molecule has 0 aromatic heterocycles. The highest BCUT2D eigenvalue weighted by atomic mass is 35.5. The van der Waals surface area contributed by atoms with E-state index in [4.69, 9.17) is 5.73 Å². The predicted octanol–water partition coefficient (Wildman–Crippen LogP) is 5.74. The summed E-state index contributed by atoms with van der Waals surface area (Å²) in [6.45, 7) is 7.88. The molecule has 18 heavy (non-hydrogen) atoms. The van der Waals surface area contributed by atoms with Gasteiger partial charge in [0.1, 0.15) is 0 Å². The molecule has 3 heteroatoms. The van der Waals surface area contributed by atoms with E-state index in [0.717, 1.165) is 6.54 Å². The summed E-state index contributed by atoms with van der Waals surface area (Å²) in [5, 5.41) is 0. The predicted molar refractivity (Wildman–Crippen MR) is 89.2 cm³/mol. The van der Waals surface area contributed by atoms with Gasteiger partial charge >= 0.3 is 0 Å². The fourth-order valence-electron chi connectivity index (χ4n) is 2.04. The molecule has 1 nitrogen and oxygen atoms in total. The molecular weight excluding hydrogens is 265 g/mol. The molecule has 0 saturated carbocycles. The van der Waals surface area contributed by atoms with Crippen molar-refractivity contribution in [1.82, 2.24) is 0 Å². The normalized spacial score (nSPS) is 10.7. The van der Waals surface area contributed by atoms with Crippen molar-refractivity contribution in [3.8, 4) is 0 Å². The van der Waals surface area contributed by atoms with Crippen LogP contribution in [0.5, 0.6) is 0 Å². The highest BCUT2D eigenvalue weighted by Gasteiger charge is 2.08. The summed E-state index contributed by atoms with van der Waals surface area (Å²) >= 11 is 0. The number of halogens is 2. The third kappa shape index (κ3) is 21.8. The smallest absolute Gasteiger partial charge is 0.00773 e. The number of nitrogens with two attached hydrogens (primary N) is 1. The van der Waals surface area contributed by atoms with Gasteiger partial charge in [-0.1, -0.05) is 72.1 Å². The molecule has 0 unspecified atom stereocenters. The topological polar surface area (TPSA) is 26.0 Å². The summed E-state index contributed by atoms with van der Waals surface area (Å²) in [6, 6.07) is 0. The third-order valence-corrected chi connectivity index (χ3v) is 3.13. The van der Waals surface area contributed by atoms with Crippen molar-refractivity contribution in [2.24, 2.45) is 11.1 Å². The molecular formula is C15H35Cl2N. The van der Waals surface area contributed by atoms with E-state index >= 15 is 0 Å². The van der Waals surface area contributed by atoms with E-state index < -0.39 is 0 Å². The SMILES string of the molecule is CC(C)(C)CCCCCCCCCCCN.Cl.Cl. The van der Waals surface area contributed by atoms with Crippen molar-refractivity contribution in [2.45, 2.75) is 85.0 Å². The second kappa shape index (κ2) is 15.6. The molecule has 0 atom stereocenters. The van der Waals surface area contributed by atoms with E-state index in [9.17, 15) is 0 Å². The first-order valence-corrected chi connectivity index (χ1v) is 7.26. The molecule has 0 radical (unpaired) electrons. The van der Waals surface area contributed by atoms with Crippen molar-refractivity contribution in [2.75, 3.05) is 6.54 Å². The molecule has 0 aliphatic rings. The van der Waals surface area contributed by atoms with Crippen molar-refractivity contribution < 1.29 is 0 Å². The minimum atomic E-state index is 0. The van der Waals surface area contributed by atoms with E-state index in [1.807, 2.05) is 0 Å². The Labute approximate surface area is 127 Å². The van der Waals surface area contributed by atoms with E-state index in [-0.39, 0.29) is 24.8 Å². The van der Waals surface area contributed by atoms with Crippen molar-refractivity contribution in [1.29, 1.82) is 0 Å². The largest absolute Gasteiger partial charge is 0.330 e. The number of rotatable bonds is 10. The van der Waals surface area contributed by atoms with Gasteiger partial charge in [0.25, 0.3) is 0 Å². The van der Waals surface area contributed by atoms with Gasteiger partial charge in [-0.2, -0.15) is 0 Å². The van der Waals surface area contributed by atoms with Crippen LogP contribution < -0.4 is 5.73 Å². The zero-order valence-corrected chi connectivity index (χ0v) is 14.3. The van der Waals surface area contributed by atoms with Gasteiger partial charge in [-0.15, -0.1) is 24.8 Å². The quantitative estimate of drug-likeness (QED) is 0.512. The molecule has 0 rings (SSSR count). The van der Waals surface area contributed by atoms with E-state index in [1.54, 1.807) is 0 Å². The second-order valence-corrected chi connectivity index (χ2v) is 6.28. The van der Waals surface area contributed by atoms with Gasteiger partial charge in [0.15, 0.2) is 0 Å². The molecule has 0 aromatic carbocycles. The second-order valence-electron chi connectivity index (χ2n) is 6.28. The van der Waals surface area contributed by atoms with Gasteiger partial charge in [-0.3, -0.25) is 0 Å². The molecule has 0 saturated heterocycles. The molecule has 0 aromatic rings. The van der Waals surface area contributed by atoms with Crippen LogP contribution in [0.25, 0.3) is 0 Å². The van der Waals surface area contributed by atoms with Crippen LogP contribution in [0.15, 0.2) is 0 Å². The summed E-state index contributed by atoms with van der Waals surface area (Å²) in [5.74, 6) is 0. The molecule has 0 heterocycles. The lowest BCUT2D eigenvalue weighted by atomic mass is 9.89. The van der Waals surface area contributed by atoms with Crippen LogP contribution in [0.2, 0.25) is 0 Å². The molecule has 2 N–H and O–H groups in total. The number of unbranched alkanes of at least 4 members (excludes halogenated alkanes) is 8. The average molecular weight is 300 g/mol. The Morgan fingerprint density at radius 3 is 1.28 bits per heavy atom. The van der Waals surface area contributed by atoms with Crippen LogP contribution in [0, 0.1) is 5.41 Å². The minimum Gasteiger partial charge on any atom is -0.330 e. The highest BCUT2D eigenvalue weighted by Crippen LogP contribution is 2.22. The maximum atomic E-state index is 5.46. The van der Waals surface area contributed by atoms with Gasteiger partial charge in [0.05, 0.1) is 0 Å². The molecule has 0 fully saturated rings. The lowest BCUT2D eigenvalue weighted by Crippen LogP contribution is -2.03. The summed E-state index contributed by atoms with van der Waals surface area (Å²) in [6.07, 6.45) is 13.9. The summed E-state index contributed by atoms with van der Waals surface area (Å²) in [7, 11) is 0. The van der Waals surface area contributed by atoms with E-state index in [2.05, 4.69) is 20.8 Å². The Kier molecular flexibility index (Phi) is 20.5. The van der Waals surface area contributed by atoms with Crippen LogP contribution in [0.4, 0.5) is 0 Å². The first-order chi connectivity index (χ1) is 7.56. The van der Waals surface area contributed by atoms with Crippen LogP contribution in [0.1, 0.15) is 85.0 Å². The summed E-state index contributed by atoms with van der Waals surface area (Å²) < 4.78 is 0. The summed E-state index contributed by atoms with van der Waals surface area (Å²) in [5.41, 5.74) is 5.99. The standard InChI is InChI=1S/C15H33N.2ClH/c1-15(2,3)13-11-9-7-5-4-6-8-10-12-14-16;;/h4-14,16H2,1-3H3;2*1H. The zero-order valence-electron chi connectivity index (χ0n) is 12.7. The Balaban J connectivity index is -0.00000112. The van der Waals surface area contributed by atoms with Crippen molar-refractivity contribution in [3.63, 3.8) is 0 Å². The Hall–Kier alpha value is 0.540. The molecule has 0 aliphatic carbocycles. The zero-order chi connectivity index (χ0) is 12.3. The average Bonchev–Trinajstić information content (AvgIpc) is 2.19. The van der Waals surface area contributed by atoms with Crippen LogP contribution in [0.3, 0.4) is 0 Å². The molecule has 0 aliphatic heterocycles. The Bertz CT molecular complexity index is 144. The highest BCUT2D eigenvalue weighted by molar-refractivity contribution is 5.85. The molecule has 114 valence electrons. The van der Waals surface area contributed by atoms with Crippen LogP contribution in [-0.2, 0) is 0 Å². The van der Waals surface area contributed by atoms with E-state index in [1.165, 1.54) is 64.2 Å². The third-order valence-electron chi connectivity index (χ3n) is 3.13. The van der Waals surface area contributed by atoms with Gasteiger partial charge in [-0.25, -0.2) is 0 Å². The Morgan fingerprint density at radius 1 is 0.611 bits per heavy atom. The van der Waals surface area contributed by atoms with Crippen LogP contribution in [-0.4, -0.2) is 6.54 Å². The van der Waals surface area contributed by atoms with Gasteiger partial charge in [0, 0.05) is 0 Å². The fourth-order valence-corrected chi connectivity index (χ4v) is 2.04. The first-order valence-electron chi connectivity index (χ1n) is 7.26. The summed E-state index contributed by atoms with van der Waals surface area (Å²) in [4.78, 5) is 0. The number of hydrogen-bond donors (Lipinski definition) is 1. The maximum absolute atomic E-state index is 5.46. The van der Waals surface area contributed by atoms with Gasteiger partial charge in [0.2, 0.25) is 0 Å². The molecule has 0 spiro atoms. The minimum absolute atomic E-state index is 0. The Morgan fingerprint density at radius 2 is 0.944 bits per heavy atom. The van der Waals surface area contributed by atoms with Crippen molar-refractivity contribution in [3.05, 3.63) is 0 Å². The first kappa shape index (κ1) is 23.6. The number of hydrogen-bond acceptors (Lipinski definition) is 1. The van der Waals surface area contributed by atoms with Gasteiger partial charge in [-0.05, 0) is 24.8 Å². The maximum Gasteiger partial charge on any atom is -0.00773 e. The van der Waals surface area contributed by atoms with E-state index in [0.29, 0.717) is 5.41 Å². The van der Waals surface area contributed by atoms with Gasteiger partial charge < -0.3 is 5.73 Å². The lowest BCUT2D eigenvalue weighted by Gasteiger charge is -2.17. The van der Waals surface area contributed by atoms with Crippen LogP contribution >= 0.6 is 24.8 Å². The fraction of sp³-hybridized carbons (Fsp3) is 1.00. The molecule has 0 amide bonds. The lowest BCUT2D eigenvalue weighted by molar-refractivity contribution is 0.356. The molecule has 0 bridgehead atoms.